The lowest BCUT2D eigenvalue weighted by atomic mass is 9.98. The number of hydrogen-bond donors (Lipinski definition) is 2. The summed E-state index contributed by atoms with van der Waals surface area (Å²) in [6, 6.07) is 11.3. The maximum Gasteiger partial charge on any atom is 0.232 e. The molecular formula is C23H20N4O3. The zero-order valence-corrected chi connectivity index (χ0v) is 16.9. The van der Waals surface area contributed by atoms with Gasteiger partial charge in [-0.05, 0) is 32.0 Å². The molecule has 2 aromatic heterocycles. The number of ether oxygens (including phenoxy) is 2. The summed E-state index contributed by atoms with van der Waals surface area (Å²) in [6.07, 6.45) is 2.23. The molecule has 2 aromatic carbocycles. The van der Waals surface area contributed by atoms with Crippen LogP contribution in [0.1, 0.15) is 38.6 Å². The normalized spacial score (nSPS) is 14.4. The number of benzene rings is 2. The second-order valence-electron chi connectivity index (χ2n) is 7.31. The van der Waals surface area contributed by atoms with Gasteiger partial charge in [-0.15, -0.1) is 0 Å². The van der Waals surface area contributed by atoms with Crippen LogP contribution in [0.3, 0.4) is 0 Å². The summed E-state index contributed by atoms with van der Waals surface area (Å²) in [7, 11) is 1.61. The molecule has 150 valence electrons. The molecule has 0 unspecified atom stereocenters. The van der Waals surface area contributed by atoms with Gasteiger partial charge in [0, 0.05) is 34.7 Å². The molecular weight excluding hydrogens is 380 g/mol. The van der Waals surface area contributed by atoms with Gasteiger partial charge in [-0.1, -0.05) is 18.2 Å². The van der Waals surface area contributed by atoms with Gasteiger partial charge in [0.1, 0.15) is 11.5 Å². The smallest absolute Gasteiger partial charge is 0.232 e. The molecule has 1 aliphatic rings. The summed E-state index contributed by atoms with van der Waals surface area (Å²) in [6.45, 7) is 3.93. The topological polar surface area (TPSA) is 92.9 Å². The van der Waals surface area contributed by atoms with Gasteiger partial charge in [0.15, 0.2) is 5.76 Å². The van der Waals surface area contributed by atoms with E-state index in [1.807, 2.05) is 44.2 Å². The summed E-state index contributed by atoms with van der Waals surface area (Å²) in [5, 5.41) is 15.5. The lowest BCUT2D eigenvalue weighted by molar-refractivity contribution is 0.101. The number of nitrogens with zero attached hydrogens (tertiary/aromatic N) is 2. The molecule has 0 radical (unpaired) electrons. The first-order valence-corrected chi connectivity index (χ1v) is 9.64. The number of ketones is 1. The number of para-hydroxylation sites is 1. The van der Waals surface area contributed by atoms with Crippen molar-refractivity contribution < 1.29 is 14.3 Å². The van der Waals surface area contributed by atoms with Crippen molar-refractivity contribution in [3.05, 3.63) is 75.9 Å². The van der Waals surface area contributed by atoms with E-state index in [2.05, 4.69) is 20.4 Å². The molecule has 0 spiro atoms. The van der Waals surface area contributed by atoms with E-state index in [-0.39, 0.29) is 11.5 Å². The zero-order valence-electron chi connectivity index (χ0n) is 16.9. The van der Waals surface area contributed by atoms with Crippen molar-refractivity contribution in [2.45, 2.75) is 20.3 Å². The average Bonchev–Trinajstić information content (AvgIpc) is 3.41. The number of Topliss-reactive ketones (excluding diaryl/α,β-unsaturated/α-hetero) is 1. The van der Waals surface area contributed by atoms with Crippen LogP contribution >= 0.6 is 0 Å². The number of aromatic amines is 2. The number of methoxy groups -OCH3 is 1. The van der Waals surface area contributed by atoms with E-state index in [9.17, 15) is 4.79 Å². The minimum Gasteiger partial charge on any atom is -0.496 e. The first-order valence-electron chi connectivity index (χ1n) is 9.64. The van der Waals surface area contributed by atoms with Crippen LogP contribution in [0.25, 0.3) is 17.0 Å². The van der Waals surface area contributed by atoms with Gasteiger partial charge in [0.25, 0.3) is 0 Å². The molecule has 0 saturated carbocycles. The molecule has 4 aromatic rings. The van der Waals surface area contributed by atoms with Crippen LogP contribution in [-0.4, -0.2) is 33.3 Å². The van der Waals surface area contributed by atoms with Crippen molar-refractivity contribution in [1.29, 1.82) is 0 Å². The first-order chi connectivity index (χ1) is 14.6. The number of nitrogens with one attached hydrogen (secondary N) is 2. The molecule has 7 nitrogen and oxygen atoms in total. The van der Waals surface area contributed by atoms with E-state index in [0.29, 0.717) is 29.2 Å². The third kappa shape index (κ3) is 2.78. The van der Waals surface area contributed by atoms with Gasteiger partial charge in [-0.3, -0.25) is 15.0 Å². The highest BCUT2D eigenvalue weighted by Crippen LogP contribution is 2.41. The van der Waals surface area contributed by atoms with Crippen LogP contribution < -0.4 is 9.47 Å². The van der Waals surface area contributed by atoms with E-state index < -0.39 is 0 Å². The summed E-state index contributed by atoms with van der Waals surface area (Å²) in [4.78, 5) is 13.1. The van der Waals surface area contributed by atoms with E-state index >= 15 is 0 Å². The number of aryl methyl sites for hydroxylation is 2. The zero-order chi connectivity index (χ0) is 20.8. The predicted octanol–water partition coefficient (Wildman–Crippen LogP) is 4.12. The molecule has 30 heavy (non-hydrogen) atoms. The highest BCUT2D eigenvalue weighted by atomic mass is 16.5. The summed E-state index contributed by atoms with van der Waals surface area (Å²) < 4.78 is 11.7. The molecule has 1 aliphatic heterocycles. The van der Waals surface area contributed by atoms with Crippen molar-refractivity contribution in [2.24, 2.45) is 0 Å². The van der Waals surface area contributed by atoms with Crippen LogP contribution in [0.5, 0.6) is 11.5 Å². The maximum absolute atomic E-state index is 13.1. The fourth-order valence-corrected chi connectivity index (χ4v) is 3.88. The van der Waals surface area contributed by atoms with Crippen molar-refractivity contribution in [2.75, 3.05) is 7.11 Å². The molecule has 0 bridgehead atoms. The van der Waals surface area contributed by atoms with Crippen LogP contribution in [-0.2, 0) is 6.42 Å². The Labute approximate surface area is 172 Å². The van der Waals surface area contributed by atoms with E-state index in [0.717, 1.165) is 33.4 Å². The second-order valence-corrected chi connectivity index (χ2v) is 7.31. The monoisotopic (exact) mass is 400 g/mol. The van der Waals surface area contributed by atoms with Gasteiger partial charge in [0.2, 0.25) is 5.78 Å². The van der Waals surface area contributed by atoms with Crippen LogP contribution in [0.4, 0.5) is 0 Å². The number of allylic oxidation sites excluding steroid dienone is 1. The molecule has 7 heteroatoms. The molecule has 3 heterocycles. The Bertz CT molecular complexity index is 1310. The molecule has 0 fully saturated rings. The minimum atomic E-state index is -0.165. The van der Waals surface area contributed by atoms with Gasteiger partial charge < -0.3 is 9.47 Å². The third-order valence-electron chi connectivity index (χ3n) is 5.52. The quantitative estimate of drug-likeness (QED) is 0.503. The van der Waals surface area contributed by atoms with Crippen molar-refractivity contribution in [1.82, 2.24) is 20.4 Å². The lowest BCUT2D eigenvalue weighted by Crippen LogP contribution is -1.99. The fraction of sp³-hybridized carbons (Fsp3) is 0.174. The van der Waals surface area contributed by atoms with Crippen LogP contribution in [0, 0.1) is 13.8 Å². The standard InChI is InChI=1S/C23H20N4O3/c1-12-16(13(2)25-24-12)10-17-20(29-3)9-8-15-22(28)21(30-23(15)17)11-19-14-6-4-5-7-18(14)26-27-19/h4-9,11H,10H2,1-3H3,(H,24,25)(H,26,27). The van der Waals surface area contributed by atoms with Crippen molar-refractivity contribution in [3.63, 3.8) is 0 Å². The van der Waals surface area contributed by atoms with E-state index in [1.165, 1.54) is 0 Å². The highest BCUT2D eigenvalue weighted by molar-refractivity contribution is 6.15. The largest absolute Gasteiger partial charge is 0.496 e. The summed E-state index contributed by atoms with van der Waals surface area (Å²) >= 11 is 0. The predicted molar refractivity (Wildman–Crippen MR) is 113 cm³/mol. The molecule has 0 aliphatic carbocycles. The Balaban J connectivity index is 1.59. The molecule has 0 amide bonds. The van der Waals surface area contributed by atoms with E-state index in [4.69, 9.17) is 9.47 Å². The maximum atomic E-state index is 13.1. The third-order valence-corrected chi connectivity index (χ3v) is 5.52. The molecule has 2 N–H and O–H groups in total. The second kappa shape index (κ2) is 6.88. The average molecular weight is 400 g/mol. The Morgan fingerprint density at radius 2 is 1.90 bits per heavy atom. The van der Waals surface area contributed by atoms with Crippen molar-refractivity contribution in [3.8, 4) is 11.5 Å². The lowest BCUT2D eigenvalue weighted by Gasteiger charge is -2.12. The van der Waals surface area contributed by atoms with Gasteiger partial charge in [0.05, 0.1) is 29.6 Å². The number of aromatic nitrogens is 4. The van der Waals surface area contributed by atoms with Gasteiger partial charge in [-0.2, -0.15) is 10.2 Å². The molecule has 0 saturated heterocycles. The number of H-pyrrole nitrogens is 2. The van der Waals surface area contributed by atoms with Gasteiger partial charge in [-0.25, -0.2) is 0 Å². The first kappa shape index (κ1) is 18.2. The number of hydrogen-bond acceptors (Lipinski definition) is 5. The molecule has 0 atom stereocenters. The van der Waals surface area contributed by atoms with Gasteiger partial charge >= 0.3 is 0 Å². The SMILES string of the molecule is COc1ccc2c(c1Cc1c(C)n[nH]c1C)OC(=Cc1n[nH]c3ccccc13)C2=O. The van der Waals surface area contributed by atoms with Crippen LogP contribution in [0.2, 0.25) is 0 Å². The Hall–Kier alpha value is -3.87. The Morgan fingerprint density at radius 1 is 1.07 bits per heavy atom. The van der Waals surface area contributed by atoms with E-state index in [1.54, 1.807) is 19.3 Å². The number of carbonyl (C=O) groups excluding carboxylic acids is 1. The molecule has 5 rings (SSSR count). The number of rotatable bonds is 4. The Kier molecular flexibility index (Phi) is 4.17. The fourth-order valence-electron chi connectivity index (χ4n) is 3.88. The number of fused-ring (bicyclic) bond motifs is 2. The Morgan fingerprint density at radius 3 is 2.67 bits per heavy atom. The summed E-state index contributed by atoms with van der Waals surface area (Å²) in [5.41, 5.74) is 5.87. The highest BCUT2D eigenvalue weighted by Gasteiger charge is 2.32. The minimum absolute atomic E-state index is 0.165. The van der Waals surface area contributed by atoms with Crippen LogP contribution in [0.15, 0.2) is 42.2 Å². The summed E-state index contributed by atoms with van der Waals surface area (Å²) in [5.74, 6) is 1.29. The number of carbonyl (C=O) groups is 1. The van der Waals surface area contributed by atoms with Crippen molar-refractivity contribution >= 4 is 22.8 Å².